The summed E-state index contributed by atoms with van der Waals surface area (Å²) in [6.45, 7) is 6.18. The second-order valence-corrected chi connectivity index (χ2v) is 7.63. The highest BCUT2D eigenvalue weighted by molar-refractivity contribution is 5.79. The number of hydrogen-bond acceptors (Lipinski definition) is 3. The molecule has 1 heterocycles. The van der Waals surface area contributed by atoms with Crippen molar-refractivity contribution >= 4 is 5.91 Å². The maximum Gasteiger partial charge on any atom is 0.224 e. The Labute approximate surface area is 162 Å². The number of amides is 1. The molecule has 1 aliphatic rings. The number of piperidine rings is 1. The third kappa shape index (κ3) is 4.96. The van der Waals surface area contributed by atoms with Crippen LogP contribution in [0.2, 0.25) is 0 Å². The van der Waals surface area contributed by atoms with Crippen molar-refractivity contribution in [2.75, 3.05) is 13.1 Å². The number of rotatable bonds is 6. The van der Waals surface area contributed by atoms with Gasteiger partial charge in [-0.15, -0.1) is 0 Å². The van der Waals surface area contributed by atoms with E-state index in [2.05, 4.69) is 47.5 Å². The molecule has 0 radical (unpaired) electrons. The van der Waals surface area contributed by atoms with Gasteiger partial charge in [-0.2, -0.15) is 0 Å². The van der Waals surface area contributed by atoms with Gasteiger partial charge < -0.3 is 11.1 Å². The van der Waals surface area contributed by atoms with Crippen molar-refractivity contribution in [2.24, 2.45) is 11.7 Å². The van der Waals surface area contributed by atoms with Crippen LogP contribution >= 0.6 is 0 Å². The molecule has 1 fully saturated rings. The number of carbonyl (C=O) groups is 1. The lowest BCUT2D eigenvalue weighted by Crippen LogP contribution is -2.47. The van der Waals surface area contributed by atoms with E-state index < -0.39 is 0 Å². The van der Waals surface area contributed by atoms with E-state index in [-0.39, 0.29) is 23.9 Å². The predicted molar refractivity (Wildman–Crippen MR) is 110 cm³/mol. The van der Waals surface area contributed by atoms with Gasteiger partial charge >= 0.3 is 0 Å². The molecule has 1 aliphatic heterocycles. The minimum absolute atomic E-state index is 0.0564. The Balaban J connectivity index is 1.49. The summed E-state index contributed by atoms with van der Waals surface area (Å²) >= 11 is 0. The van der Waals surface area contributed by atoms with Crippen LogP contribution in [-0.4, -0.2) is 29.9 Å². The maximum absolute atomic E-state index is 12.7. The van der Waals surface area contributed by atoms with Crippen molar-refractivity contribution in [3.8, 4) is 0 Å². The summed E-state index contributed by atoms with van der Waals surface area (Å²) in [5.41, 5.74) is 8.66. The van der Waals surface area contributed by atoms with Crippen molar-refractivity contribution in [1.82, 2.24) is 10.2 Å². The molecule has 0 aliphatic carbocycles. The van der Waals surface area contributed by atoms with E-state index in [9.17, 15) is 4.79 Å². The Hall–Kier alpha value is -2.17. The zero-order valence-electron chi connectivity index (χ0n) is 16.3. The van der Waals surface area contributed by atoms with E-state index in [1.54, 1.807) is 0 Å². The molecule has 144 valence electrons. The van der Waals surface area contributed by atoms with Crippen LogP contribution in [0.5, 0.6) is 0 Å². The number of nitrogens with zero attached hydrogens (tertiary/aromatic N) is 1. The molecule has 2 aromatic carbocycles. The maximum atomic E-state index is 12.7. The van der Waals surface area contributed by atoms with E-state index >= 15 is 0 Å². The van der Waals surface area contributed by atoms with E-state index in [1.165, 1.54) is 5.56 Å². The Bertz CT molecular complexity index is 711. The van der Waals surface area contributed by atoms with E-state index in [1.807, 2.05) is 37.3 Å². The lowest BCUT2D eigenvalue weighted by molar-refractivity contribution is -0.126. The van der Waals surface area contributed by atoms with Gasteiger partial charge in [-0.3, -0.25) is 9.69 Å². The van der Waals surface area contributed by atoms with E-state index in [0.717, 1.165) is 31.5 Å². The number of nitrogens with two attached hydrogens (primary N) is 1. The Morgan fingerprint density at radius 2 is 1.48 bits per heavy atom. The summed E-state index contributed by atoms with van der Waals surface area (Å²) in [5.74, 6) is -0.186. The fourth-order valence-electron chi connectivity index (χ4n) is 3.83. The quantitative estimate of drug-likeness (QED) is 0.821. The van der Waals surface area contributed by atoms with Crippen LogP contribution in [0.3, 0.4) is 0 Å². The lowest BCUT2D eigenvalue weighted by atomic mass is 9.93. The van der Waals surface area contributed by atoms with Crippen LogP contribution in [0, 0.1) is 5.92 Å². The zero-order chi connectivity index (χ0) is 19.2. The van der Waals surface area contributed by atoms with E-state index in [4.69, 9.17) is 5.73 Å². The standard InChI is InChI=1S/C23H31N3O/c1-17(22(24)20-11-7-4-8-12-20)23(27)25-21-13-15-26(16-14-21)18(2)19-9-5-3-6-10-19/h3-12,17-18,21-22H,13-16,24H2,1-2H3,(H,25,27). The van der Waals surface area contributed by atoms with Gasteiger partial charge in [-0.25, -0.2) is 0 Å². The van der Waals surface area contributed by atoms with Gasteiger partial charge in [0.2, 0.25) is 5.91 Å². The summed E-state index contributed by atoms with van der Waals surface area (Å²) in [4.78, 5) is 15.2. The van der Waals surface area contributed by atoms with Gasteiger partial charge in [0, 0.05) is 31.2 Å². The topological polar surface area (TPSA) is 58.4 Å². The van der Waals surface area contributed by atoms with Gasteiger partial charge in [0.15, 0.2) is 0 Å². The number of hydrogen-bond donors (Lipinski definition) is 2. The summed E-state index contributed by atoms with van der Waals surface area (Å²) in [6, 6.07) is 20.8. The molecule has 4 heteroatoms. The van der Waals surface area contributed by atoms with Crippen molar-refractivity contribution in [3.05, 3.63) is 71.8 Å². The van der Waals surface area contributed by atoms with Crippen LogP contribution in [0.25, 0.3) is 0 Å². The first-order valence-electron chi connectivity index (χ1n) is 9.96. The third-order valence-electron chi connectivity index (χ3n) is 5.84. The monoisotopic (exact) mass is 365 g/mol. The number of nitrogens with one attached hydrogen (secondary N) is 1. The fourth-order valence-corrected chi connectivity index (χ4v) is 3.83. The molecule has 0 aromatic heterocycles. The summed E-state index contributed by atoms with van der Waals surface area (Å²) in [6.07, 6.45) is 1.96. The Morgan fingerprint density at radius 3 is 2.04 bits per heavy atom. The van der Waals surface area contributed by atoms with Crippen LogP contribution in [0.4, 0.5) is 0 Å². The molecule has 4 nitrogen and oxygen atoms in total. The minimum Gasteiger partial charge on any atom is -0.353 e. The van der Waals surface area contributed by atoms with Gasteiger partial charge in [0.1, 0.15) is 0 Å². The molecule has 3 unspecified atom stereocenters. The SMILES string of the molecule is CC(C(=O)NC1CCN(C(C)c2ccccc2)CC1)C(N)c1ccccc1. The first-order valence-corrected chi connectivity index (χ1v) is 9.96. The summed E-state index contributed by atoms with van der Waals surface area (Å²) < 4.78 is 0. The van der Waals surface area contributed by atoms with Crippen molar-refractivity contribution in [1.29, 1.82) is 0 Å². The Kier molecular flexibility index (Phi) is 6.64. The van der Waals surface area contributed by atoms with Gasteiger partial charge in [-0.05, 0) is 30.9 Å². The molecule has 0 bridgehead atoms. The zero-order valence-corrected chi connectivity index (χ0v) is 16.3. The highest BCUT2D eigenvalue weighted by Crippen LogP contribution is 2.25. The van der Waals surface area contributed by atoms with Crippen molar-refractivity contribution in [2.45, 2.75) is 44.8 Å². The average molecular weight is 366 g/mol. The minimum atomic E-state index is -0.274. The molecule has 3 N–H and O–H groups in total. The first kappa shape index (κ1) is 19.6. The van der Waals surface area contributed by atoms with Crippen LogP contribution in [0.1, 0.15) is 49.9 Å². The van der Waals surface area contributed by atoms with Crippen molar-refractivity contribution in [3.63, 3.8) is 0 Å². The molecule has 2 aromatic rings. The molecular formula is C23H31N3O. The lowest BCUT2D eigenvalue weighted by Gasteiger charge is -2.37. The third-order valence-corrected chi connectivity index (χ3v) is 5.84. The largest absolute Gasteiger partial charge is 0.353 e. The predicted octanol–water partition coefficient (Wildman–Crippen LogP) is 3.66. The molecule has 27 heavy (non-hydrogen) atoms. The second-order valence-electron chi connectivity index (χ2n) is 7.63. The van der Waals surface area contributed by atoms with Crippen LogP contribution in [0.15, 0.2) is 60.7 Å². The molecule has 0 spiro atoms. The van der Waals surface area contributed by atoms with Crippen LogP contribution in [-0.2, 0) is 4.79 Å². The Morgan fingerprint density at radius 1 is 0.963 bits per heavy atom. The molecule has 3 atom stereocenters. The molecule has 0 saturated carbocycles. The van der Waals surface area contributed by atoms with E-state index in [0.29, 0.717) is 6.04 Å². The fraction of sp³-hybridized carbons (Fsp3) is 0.435. The highest BCUT2D eigenvalue weighted by Gasteiger charge is 2.27. The van der Waals surface area contributed by atoms with Crippen LogP contribution < -0.4 is 11.1 Å². The highest BCUT2D eigenvalue weighted by atomic mass is 16.2. The van der Waals surface area contributed by atoms with Gasteiger partial charge in [0.25, 0.3) is 0 Å². The summed E-state index contributed by atoms with van der Waals surface area (Å²) in [5, 5.41) is 3.22. The second kappa shape index (κ2) is 9.16. The van der Waals surface area contributed by atoms with Crippen molar-refractivity contribution < 1.29 is 4.79 Å². The van der Waals surface area contributed by atoms with Gasteiger partial charge in [-0.1, -0.05) is 67.6 Å². The first-order chi connectivity index (χ1) is 13.1. The number of benzene rings is 2. The average Bonchev–Trinajstić information content (AvgIpc) is 2.74. The number of carbonyl (C=O) groups excluding carboxylic acids is 1. The molecule has 1 amide bonds. The smallest absolute Gasteiger partial charge is 0.224 e. The summed E-state index contributed by atoms with van der Waals surface area (Å²) in [7, 11) is 0. The van der Waals surface area contributed by atoms with Gasteiger partial charge in [0.05, 0.1) is 5.92 Å². The molecule has 1 saturated heterocycles. The molecular weight excluding hydrogens is 334 g/mol. The number of likely N-dealkylation sites (tertiary alicyclic amines) is 1. The molecule has 3 rings (SSSR count). The normalized spacial score (nSPS) is 19.2.